The Kier molecular flexibility index (Phi) is 8.97. The molecule has 3 rings (SSSR count). The number of rotatable bonds is 9. The van der Waals surface area contributed by atoms with Gasteiger partial charge in [0.1, 0.15) is 0 Å². The average molecular weight is 453 g/mol. The summed E-state index contributed by atoms with van der Waals surface area (Å²) in [5.74, 6) is -0.505. The van der Waals surface area contributed by atoms with Gasteiger partial charge < -0.3 is 15.4 Å². The van der Waals surface area contributed by atoms with Gasteiger partial charge in [0.2, 0.25) is 11.8 Å². The van der Waals surface area contributed by atoms with Crippen molar-refractivity contribution in [2.45, 2.75) is 20.3 Å². The van der Waals surface area contributed by atoms with Crippen molar-refractivity contribution in [2.24, 2.45) is 0 Å². The standard InChI is InChI=1S/C25H32N4O4/c1-3-16-33-25(32)20-6-10-22(11-7-20)27-24(31)18-29-14-12-28(13-15-29)17-23(30)26-21-8-4-19(2)5-9-21/h4-11H,3,12-18H2,1-2H3,(H,26,30)(H,27,31). The molecule has 0 aliphatic carbocycles. The van der Waals surface area contributed by atoms with E-state index in [1.807, 2.05) is 38.1 Å². The molecule has 33 heavy (non-hydrogen) atoms. The fourth-order valence-corrected chi connectivity index (χ4v) is 3.52. The lowest BCUT2D eigenvalue weighted by atomic mass is 10.2. The minimum atomic E-state index is -0.361. The Hall–Kier alpha value is -3.23. The van der Waals surface area contributed by atoms with Gasteiger partial charge in [-0.15, -0.1) is 0 Å². The highest BCUT2D eigenvalue weighted by Crippen LogP contribution is 2.12. The van der Waals surface area contributed by atoms with Crippen molar-refractivity contribution in [3.05, 3.63) is 59.7 Å². The first-order valence-electron chi connectivity index (χ1n) is 11.3. The van der Waals surface area contributed by atoms with E-state index in [1.165, 1.54) is 0 Å². The van der Waals surface area contributed by atoms with E-state index in [1.54, 1.807) is 24.3 Å². The first-order valence-corrected chi connectivity index (χ1v) is 11.3. The number of ether oxygens (including phenoxy) is 1. The number of piperazine rings is 1. The largest absolute Gasteiger partial charge is 0.462 e. The summed E-state index contributed by atoms with van der Waals surface area (Å²) < 4.78 is 5.10. The lowest BCUT2D eigenvalue weighted by Gasteiger charge is -2.33. The molecular formula is C25H32N4O4. The predicted molar refractivity (Wildman–Crippen MR) is 128 cm³/mol. The van der Waals surface area contributed by atoms with Crippen molar-refractivity contribution in [3.8, 4) is 0 Å². The molecule has 0 aromatic heterocycles. The third kappa shape index (κ3) is 8.00. The van der Waals surface area contributed by atoms with Crippen LogP contribution in [0.1, 0.15) is 29.3 Å². The van der Waals surface area contributed by atoms with Crippen molar-refractivity contribution in [1.82, 2.24) is 9.80 Å². The number of benzene rings is 2. The summed E-state index contributed by atoms with van der Waals surface area (Å²) in [5, 5.41) is 5.78. The highest BCUT2D eigenvalue weighted by Gasteiger charge is 2.20. The number of carbonyl (C=O) groups is 3. The van der Waals surface area contributed by atoms with Crippen LogP contribution in [0.25, 0.3) is 0 Å². The molecule has 2 N–H and O–H groups in total. The molecule has 2 aromatic rings. The molecule has 8 heteroatoms. The molecule has 1 saturated heterocycles. The van der Waals surface area contributed by atoms with Crippen LogP contribution in [-0.2, 0) is 14.3 Å². The quantitative estimate of drug-likeness (QED) is 0.569. The second-order valence-electron chi connectivity index (χ2n) is 8.23. The Morgan fingerprint density at radius 1 is 0.788 bits per heavy atom. The Balaban J connectivity index is 1.37. The molecule has 0 bridgehead atoms. The molecule has 1 heterocycles. The van der Waals surface area contributed by atoms with Gasteiger partial charge in [0.05, 0.1) is 25.3 Å². The molecule has 2 amide bonds. The van der Waals surface area contributed by atoms with E-state index in [0.717, 1.165) is 30.8 Å². The molecule has 8 nitrogen and oxygen atoms in total. The number of esters is 1. The zero-order valence-electron chi connectivity index (χ0n) is 19.3. The first kappa shape index (κ1) is 24.4. The number of carbonyl (C=O) groups excluding carboxylic acids is 3. The Morgan fingerprint density at radius 2 is 1.24 bits per heavy atom. The molecule has 1 aliphatic rings. The fourth-order valence-electron chi connectivity index (χ4n) is 3.52. The summed E-state index contributed by atoms with van der Waals surface area (Å²) in [6, 6.07) is 14.4. The first-order chi connectivity index (χ1) is 15.9. The van der Waals surface area contributed by atoms with E-state index < -0.39 is 0 Å². The normalized spacial score (nSPS) is 14.5. The average Bonchev–Trinajstić information content (AvgIpc) is 2.80. The SMILES string of the molecule is CCCOC(=O)c1ccc(NC(=O)CN2CCN(CC(=O)Nc3ccc(C)cc3)CC2)cc1. The zero-order chi connectivity index (χ0) is 23.6. The maximum atomic E-state index is 12.4. The van der Waals surface area contributed by atoms with Crippen LogP contribution >= 0.6 is 0 Å². The third-order valence-corrected chi connectivity index (χ3v) is 5.38. The minimum Gasteiger partial charge on any atom is -0.462 e. The van der Waals surface area contributed by atoms with E-state index >= 15 is 0 Å². The number of hydrogen-bond acceptors (Lipinski definition) is 6. The van der Waals surface area contributed by atoms with Crippen LogP contribution in [0.3, 0.4) is 0 Å². The molecule has 0 radical (unpaired) electrons. The van der Waals surface area contributed by atoms with E-state index in [-0.39, 0.29) is 24.3 Å². The Labute approximate surface area is 194 Å². The molecule has 0 unspecified atom stereocenters. The maximum absolute atomic E-state index is 12.4. The minimum absolute atomic E-state index is 0.0351. The van der Waals surface area contributed by atoms with Crippen LogP contribution in [0.5, 0.6) is 0 Å². The van der Waals surface area contributed by atoms with Crippen LogP contribution in [0, 0.1) is 6.92 Å². The number of anilines is 2. The van der Waals surface area contributed by atoms with Crippen molar-refractivity contribution < 1.29 is 19.1 Å². The van der Waals surface area contributed by atoms with Gasteiger partial charge in [0.25, 0.3) is 0 Å². The molecule has 1 fully saturated rings. The van der Waals surface area contributed by atoms with E-state index in [9.17, 15) is 14.4 Å². The van der Waals surface area contributed by atoms with Crippen molar-refractivity contribution in [3.63, 3.8) is 0 Å². The Morgan fingerprint density at radius 3 is 1.70 bits per heavy atom. The van der Waals surface area contributed by atoms with Crippen molar-refractivity contribution in [2.75, 3.05) is 56.5 Å². The number of amides is 2. The monoisotopic (exact) mass is 452 g/mol. The second kappa shape index (κ2) is 12.1. The van der Waals surface area contributed by atoms with Crippen LogP contribution < -0.4 is 10.6 Å². The molecule has 2 aromatic carbocycles. The summed E-state index contributed by atoms with van der Waals surface area (Å²) >= 11 is 0. The highest BCUT2D eigenvalue weighted by atomic mass is 16.5. The van der Waals surface area contributed by atoms with E-state index in [2.05, 4.69) is 20.4 Å². The van der Waals surface area contributed by atoms with Crippen LogP contribution in [0.4, 0.5) is 11.4 Å². The number of nitrogens with zero attached hydrogens (tertiary/aromatic N) is 2. The zero-order valence-corrected chi connectivity index (χ0v) is 19.3. The fraction of sp³-hybridized carbons (Fsp3) is 0.400. The van der Waals surface area contributed by atoms with Gasteiger partial charge in [-0.2, -0.15) is 0 Å². The van der Waals surface area contributed by atoms with E-state index in [0.29, 0.717) is 37.5 Å². The smallest absolute Gasteiger partial charge is 0.338 e. The molecule has 1 aliphatic heterocycles. The van der Waals surface area contributed by atoms with Crippen LogP contribution in [-0.4, -0.2) is 73.5 Å². The van der Waals surface area contributed by atoms with Crippen LogP contribution in [0.2, 0.25) is 0 Å². The molecule has 0 saturated carbocycles. The van der Waals surface area contributed by atoms with Gasteiger partial charge in [-0.05, 0) is 49.7 Å². The topological polar surface area (TPSA) is 91.0 Å². The van der Waals surface area contributed by atoms with Gasteiger partial charge >= 0.3 is 5.97 Å². The van der Waals surface area contributed by atoms with Gasteiger partial charge in [0.15, 0.2) is 0 Å². The van der Waals surface area contributed by atoms with Crippen molar-refractivity contribution in [1.29, 1.82) is 0 Å². The Bertz CT molecular complexity index is 936. The number of hydrogen-bond donors (Lipinski definition) is 2. The second-order valence-corrected chi connectivity index (χ2v) is 8.23. The summed E-state index contributed by atoms with van der Waals surface area (Å²) in [7, 11) is 0. The molecular weight excluding hydrogens is 420 g/mol. The van der Waals surface area contributed by atoms with Gasteiger partial charge in [-0.25, -0.2) is 4.79 Å². The lowest BCUT2D eigenvalue weighted by molar-refractivity contribution is -0.120. The summed E-state index contributed by atoms with van der Waals surface area (Å²) in [4.78, 5) is 40.7. The molecule has 0 atom stereocenters. The van der Waals surface area contributed by atoms with Gasteiger partial charge in [-0.3, -0.25) is 19.4 Å². The van der Waals surface area contributed by atoms with Crippen LogP contribution in [0.15, 0.2) is 48.5 Å². The summed E-state index contributed by atoms with van der Waals surface area (Å²) in [6.07, 6.45) is 0.773. The molecule has 0 spiro atoms. The third-order valence-electron chi connectivity index (χ3n) is 5.38. The van der Waals surface area contributed by atoms with Gasteiger partial charge in [-0.1, -0.05) is 24.6 Å². The number of nitrogens with one attached hydrogen (secondary N) is 2. The predicted octanol–water partition coefficient (Wildman–Crippen LogP) is 2.76. The summed E-state index contributed by atoms with van der Waals surface area (Å²) in [6.45, 7) is 7.84. The van der Waals surface area contributed by atoms with Gasteiger partial charge in [0, 0.05) is 37.6 Å². The lowest BCUT2D eigenvalue weighted by Crippen LogP contribution is -2.50. The number of aryl methyl sites for hydroxylation is 1. The summed E-state index contributed by atoms with van der Waals surface area (Å²) in [5.41, 5.74) is 3.05. The molecule has 176 valence electrons. The van der Waals surface area contributed by atoms with E-state index in [4.69, 9.17) is 4.74 Å². The van der Waals surface area contributed by atoms with Crippen molar-refractivity contribution >= 4 is 29.2 Å². The highest BCUT2D eigenvalue weighted by molar-refractivity contribution is 5.94. The maximum Gasteiger partial charge on any atom is 0.338 e.